The van der Waals surface area contributed by atoms with Crippen molar-refractivity contribution in [1.82, 2.24) is 0 Å². The number of rotatable bonds is 7. The van der Waals surface area contributed by atoms with E-state index < -0.39 is 29.4 Å². The van der Waals surface area contributed by atoms with E-state index in [2.05, 4.69) is 25.6 Å². The van der Waals surface area contributed by atoms with Crippen molar-refractivity contribution in [1.29, 1.82) is 0 Å². The van der Waals surface area contributed by atoms with Gasteiger partial charge < -0.3 is 19.4 Å². The van der Waals surface area contributed by atoms with Crippen molar-refractivity contribution in [2.45, 2.75) is 59.2 Å². The Bertz CT molecular complexity index is 1290. The number of hydrogen-bond donors (Lipinski definition) is 1. The number of carbonyl (C=O) groups is 3. The first-order valence-electron chi connectivity index (χ1n) is 13.8. The Labute approximate surface area is 232 Å². The van der Waals surface area contributed by atoms with Gasteiger partial charge in [-0.15, -0.1) is 10.1 Å². The summed E-state index contributed by atoms with van der Waals surface area (Å²) in [4.78, 5) is 52.7. The van der Waals surface area contributed by atoms with Crippen LogP contribution in [-0.2, 0) is 25.8 Å². The summed E-state index contributed by atoms with van der Waals surface area (Å²) < 4.78 is 10.4. The fraction of sp³-hybridized carbons (Fsp3) is 0.567. The number of hydrogen-bond acceptors (Lipinski definition) is 9. The Hall–Kier alpha value is -3.53. The van der Waals surface area contributed by atoms with Gasteiger partial charge in [-0.25, -0.2) is 4.79 Å². The maximum absolute atomic E-state index is 13.5. The topological polar surface area (TPSA) is 142 Å². The standard InChI is InChI=1S/C30H35NO9/c1-17-11-23-22-8-7-19-13-20(32)9-10-29(19,2)27(22)24(33)14-30(23,3)26(17)25(34)16-38-28(35)40-21-6-4-5-18(12-21)15-39-31(36)37/h4-6,9-10,12-13,17,22-24,26-27,33H,7-8,11,14-16H2,1-3H3. The number of aliphatic hydroxyl groups excluding tert-OH is 1. The molecule has 1 aromatic rings. The zero-order chi connectivity index (χ0) is 28.8. The summed E-state index contributed by atoms with van der Waals surface area (Å²) in [6.45, 7) is 5.53. The summed E-state index contributed by atoms with van der Waals surface area (Å²) in [7, 11) is 0. The SMILES string of the molecule is CC1CC2C3CCC4=CC(=O)C=CC4(C)C3C(O)CC2(C)C1C(=O)COC(=O)Oc1cccc(CO[N+](=O)[O-])c1. The van der Waals surface area contributed by atoms with Crippen LogP contribution in [0.1, 0.15) is 52.0 Å². The molecule has 40 heavy (non-hydrogen) atoms. The van der Waals surface area contributed by atoms with Crippen LogP contribution >= 0.6 is 0 Å². The van der Waals surface area contributed by atoms with Crippen molar-refractivity contribution in [3.8, 4) is 5.75 Å². The van der Waals surface area contributed by atoms with Crippen LogP contribution in [0.3, 0.4) is 0 Å². The van der Waals surface area contributed by atoms with E-state index in [1.807, 2.05) is 6.08 Å². The van der Waals surface area contributed by atoms with Gasteiger partial charge in [-0.1, -0.05) is 44.6 Å². The molecule has 3 fully saturated rings. The zero-order valence-electron chi connectivity index (χ0n) is 22.9. The molecule has 0 saturated heterocycles. The quantitative estimate of drug-likeness (QED) is 0.221. The molecule has 5 rings (SSSR count). The first kappa shape index (κ1) is 28.0. The highest BCUT2D eigenvalue weighted by Gasteiger charge is 2.64. The van der Waals surface area contributed by atoms with E-state index in [0.717, 1.165) is 24.8 Å². The smallest absolute Gasteiger partial charge is 0.426 e. The van der Waals surface area contributed by atoms with Crippen LogP contribution in [0.5, 0.6) is 5.75 Å². The molecule has 0 aliphatic heterocycles. The van der Waals surface area contributed by atoms with Crippen molar-refractivity contribution in [3.05, 3.63) is 63.7 Å². The Morgan fingerprint density at radius 2 is 2.02 bits per heavy atom. The average molecular weight is 554 g/mol. The molecule has 0 spiro atoms. The third kappa shape index (κ3) is 4.93. The van der Waals surface area contributed by atoms with E-state index in [0.29, 0.717) is 12.0 Å². The van der Waals surface area contributed by atoms with E-state index in [4.69, 9.17) is 9.47 Å². The minimum atomic E-state index is -1.05. The van der Waals surface area contributed by atoms with Gasteiger partial charge in [0.2, 0.25) is 0 Å². The van der Waals surface area contributed by atoms with Crippen molar-refractivity contribution in [3.63, 3.8) is 0 Å². The molecule has 8 atom stereocenters. The van der Waals surface area contributed by atoms with E-state index in [-0.39, 0.29) is 58.9 Å². The molecule has 0 aromatic heterocycles. The number of fused-ring (bicyclic) bond motifs is 5. The molecule has 8 unspecified atom stereocenters. The first-order valence-corrected chi connectivity index (χ1v) is 13.8. The van der Waals surface area contributed by atoms with Gasteiger partial charge in [0.15, 0.2) is 18.2 Å². The number of carbonyl (C=O) groups excluding carboxylic acids is 3. The Kier molecular flexibility index (Phi) is 7.33. The van der Waals surface area contributed by atoms with Crippen LogP contribution in [-0.4, -0.2) is 40.6 Å². The summed E-state index contributed by atoms with van der Waals surface area (Å²) in [5.74, 6) is 0.0133. The fourth-order valence-corrected chi connectivity index (χ4v) is 8.55. The molecular weight excluding hydrogens is 518 g/mol. The van der Waals surface area contributed by atoms with Crippen molar-refractivity contribution >= 4 is 17.7 Å². The molecule has 4 aliphatic rings. The predicted octanol–water partition coefficient (Wildman–Crippen LogP) is 4.62. The largest absolute Gasteiger partial charge is 0.514 e. The average Bonchev–Trinajstić information content (AvgIpc) is 3.16. The molecular formula is C30H35NO9. The van der Waals surface area contributed by atoms with Crippen molar-refractivity contribution in [2.75, 3.05) is 6.61 Å². The number of aliphatic hydroxyl groups is 1. The normalized spacial score (nSPS) is 36.0. The molecule has 1 aromatic carbocycles. The molecule has 0 heterocycles. The number of nitrogens with zero attached hydrogens (tertiary/aromatic N) is 1. The fourth-order valence-electron chi connectivity index (χ4n) is 8.55. The summed E-state index contributed by atoms with van der Waals surface area (Å²) in [6, 6.07) is 6.05. The Morgan fingerprint density at radius 1 is 1.25 bits per heavy atom. The lowest BCUT2D eigenvalue weighted by atomic mass is 9.46. The molecule has 1 N–H and O–H groups in total. The molecule has 214 valence electrons. The van der Waals surface area contributed by atoms with Crippen LogP contribution in [0, 0.1) is 50.5 Å². The van der Waals surface area contributed by atoms with Gasteiger partial charge in [-0.2, -0.15) is 0 Å². The van der Waals surface area contributed by atoms with Crippen LogP contribution in [0.4, 0.5) is 4.79 Å². The maximum atomic E-state index is 13.5. The number of ketones is 2. The molecule has 0 bridgehead atoms. The zero-order valence-corrected chi connectivity index (χ0v) is 22.9. The van der Waals surface area contributed by atoms with E-state index >= 15 is 0 Å². The van der Waals surface area contributed by atoms with Crippen LogP contribution in [0.15, 0.2) is 48.1 Å². The maximum Gasteiger partial charge on any atom is 0.514 e. The monoisotopic (exact) mass is 553 g/mol. The molecule has 4 aliphatic carbocycles. The first-order chi connectivity index (χ1) is 18.9. The van der Waals surface area contributed by atoms with Gasteiger partial charge in [0.25, 0.3) is 5.09 Å². The molecule has 3 saturated carbocycles. The summed E-state index contributed by atoms with van der Waals surface area (Å²) in [5.41, 5.74) is 0.704. The highest BCUT2D eigenvalue weighted by molar-refractivity contribution is 6.01. The second-order valence-electron chi connectivity index (χ2n) is 12.2. The number of ether oxygens (including phenoxy) is 2. The van der Waals surface area contributed by atoms with E-state index in [9.17, 15) is 29.6 Å². The molecule has 10 nitrogen and oxygen atoms in total. The number of allylic oxidation sites excluding steroid dienone is 4. The summed E-state index contributed by atoms with van der Waals surface area (Å²) >= 11 is 0. The Balaban J connectivity index is 1.25. The lowest BCUT2D eigenvalue weighted by Crippen LogP contribution is -2.56. The molecule has 0 radical (unpaired) electrons. The van der Waals surface area contributed by atoms with E-state index in [1.54, 1.807) is 24.3 Å². The van der Waals surface area contributed by atoms with Crippen LogP contribution in [0.25, 0.3) is 0 Å². The highest BCUT2D eigenvalue weighted by atomic mass is 16.9. The van der Waals surface area contributed by atoms with Gasteiger partial charge in [0.05, 0.1) is 6.10 Å². The highest BCUT2D eigenvalue weighted by Crippen LogP contribution is 2.67. The van der Waals surface area contributed by atoms with Crippen molar-refractivity contribution in [2.24, 2.45) is 40.4 Å². The van der Waals surface area contributed by atoms with Crippen molar-refractivity contribution < 1.29 is 38.9 Å². The van der Waals surface area contributed by atoms with Gasteiger partial charge in [-0.3, -0.25) is 9.59 Å². The van der Waals surface area contributed by atoms with Crippen LogP contribution < -0.4 is 4.74 Å². The van der Waals surface area contributed by atoms with E-state index in [1.165, 1.54) is 12.1 Å². The molecule has 10 heteroatoms. The second kappa shape index (κ2) is 10.5. The summed E-state index contributed by atoms with van der Waals surface area (Å²) in [5, 5.41) is 21.0. The summed E-state index contributed by atoms with van der Waals surface area (Å²) in [6.07, 6.45) is 6.62. The predicted molar refractivity (Wildman–Crippen MR) is 141 cm³/mol. The lowest BCUT2D eigenvalue weighted by Gasteiger charge is -2.58. The third-order valence-electron chi connectivity index (χ3n) is 9.95. The van der Waals surface area contributed by atoms with Gasteiger partial charge >= 0.3 is 6.16 Å². The lowest BCUT2D eigenvalue weighted by molar-refractivity contribution is -0.763. The number of benzene rings is 1. The minimum absolute atomic E-state index is 0.00343. The Morgan fingerprint density at radius 3 is 2.77 bits per heavy atom. The molecule has 0 amide bonds. The van der Waals surface area contributed by atoms with Gasteiger partial charge in [-0.05, 0) is 78.7 Å². The number of Topliss-reactive ketones (excluding diaryl/α,β-unsaturated/α-hetero) is 1. The third-order valence-corrected chi connectivity index (χ3v) is 9.95. The van der Waals surface area contributed by atoms with Crippen LogP contribution in [0.2, 0.25) is 0 Å². The second-order valence-corrected chi connectivity index (χ2v) is 12.2. The minimum Gasteiger partial charge on any atom is -0.426 e. The van der Waals surface area contributed by atoms with Gasteiger partial charge in [0, 0.05) is 17.3 Å². The van der Waals surface area contributed by atoms with Gasteiger partial charge in [0.1, 0.15) is 12.4 Å².